The summed E-state index contributed by atoms with van der Waals surface area (Å²) in [6, 6.07) is 5.74. The number of hydrazine groups is 1. The lowest BCUT2D eigenvalue weighted by molar-refractivity contribution is 0.0953. The van der Waals surface area contributed by atoms with E-state index in [0.717, 1.165) is 17.4 Å². The third kappa shape index (κ3) is 3.09. The molecule has 1 amide bonds. The molecule has 0 bridgehead atoms. The van der Waals surface area contributed by atoms with Crippen LogP contribution in [0.15, 0.2) is 23.6 Å². The molecule has 2 aromatic rings. The van der Waals surface area contributed by atoms with Crippen LogP contribution < -0.4 is 16.0 Å². The summed E-state index contributed by atoms with van der Waals surface area (Å²) in [5, 5.41) is 10.4. The number of amides is 1. The second-order valence-electron chi connectivity index (χ2n) is 3.66. The minimum Gasteiger partial charge on any atom is -0.484 e. The van der Waals surface area contributed by atoms with Gasteiger partial charge in [-0.05, 0) is 18.2 Å². The van der Waals surface area contributed by atoms with E-state index in [1.165, 1.54) is 12.1 Å². The lowest BCUT2D eigenvalue weighted by Crippen LogP contribution is -2.29. The molecule has 1 aromatic heterocycles. The first-order valence-electron chi connectivity index (χ1n) is 5.42. The van der Waals surface area contributed by atoms with Gasteiger partial charge in [0.15, 0.2) is 16.6 Å². The topological polar surface area (TPSA) is 101 Å². The molecule has 0 radical (unpaired) electrons. The fraction of sp³-hybridized carbons (Fsp3) is 0.0833. The van der Waals surface area contributed by atoms with Crippen LogP contribution >= 0.6 is 11.3 Å². The number of carbonyl (C=O) groups excluding carboxylic acids is 1. The van der Waals surface area contributed by atoms with Gasteiger partial charge >= 0.3 is 0 Å². The monoisotopic (exact) mass is 292 g/mol. The number of hydrogen-bond acceptors (Lipinski definition) is 6. The van der Waals surface area contributed by atoms with Crippen molar-refractivity contribution in [3.63, 3.8) is 0 Å². The van der Waals surface area contributed by atoms with Gasteiger partial charge in [0, 0.05) is 5.38 Å². The molecule has 8 heteroatoms. The number of halogens is 1. The smallest absolute Gasteiger partial charge is 0.294 e. The van der Waals surface area contributed by atoms with Gasteiger partial charge in [0.25, 0.3) is 5.91 Å². The molecule has 0 atom stereocenters. The van der Waals surface area contributed by atoms with E-state index in [9.17, 15) is 9.18 Å². The number of nitrogens with two attached hydrogens (primary N) is 1. The second-order valence-corrected chi connectivity index (χ2v) is 4.52. The molecule has 0 aliphatic carbocycles. The Bertz CT molecular complexity index is 680. The maximum absolute atomic E-state index is 13.6. The van der Waals surface area contributed by atoms with Gasteiger partial charge in [0.2, 0.25) is 0 Å². The molecule has 0 unspecified atom stereocenters. The number of aromatic nitrogens is 1. The molecule has 0 aliphatic rings. The molecule has 1 heterocycles. The molecular weight excluding hydrogens is 283 g/mol. The molecule has 20 heavy (non-hydrogen) atoms. The van der Waals surface area contributed by atoms with Crippen molar-refractivity contribution < 1.29 is 13.9 Å². The minimum atomic E-state index is -0.626. The van der Waals surface area contributed by atoms with Crippen LogP contribution in [0.5, 0.6) is 5.75 Å². The largest absolute Gasteiger partial charge is 0.484 e. The second kappa shape index (κ2) is 6.10. The van der Waals surface area contributed by atoms with Gasteiger partial charge < -0.3 is 4.74 Å². The molecule has 0 saturated heterocycles. The summed E-state index contributed by atoms with van der Waals surface area (Å²) in [7, 11) is 0. The summed E-state index contributed by atoms with van der Waals surface area (Å²) in [5.41, 5.74) is 2.66. The lowest BCUT2D eigenvalue weighted by Gasteiger charge is -2.05. The Labute approximate surface area is 117 Å². The Kier molecular flexibility index (Phi) is 4.24. The third-order valence-electron chi connectivity index (χ3n) is 2.31. The zero-order valence-corrected chi connectivity index (χ0v) is 10.9. The molecule has 0 saturated carbocycles. The van der Waals surface area contributed by atoms with E-state index in [2.05, 4.69) is 4.98 Å². The average Bonchev–Trinajstić information content (AvgIpc) is 2.94. The van der Waals surface area contributed by atoms with Gasteiger partial charge in [0.1, 0.15) is 6.61 Å². The van der Waals surface area contributed by atoms with Crippen LogP contribution in [0.25, 0.3) is 0 Å². The third-order valence-corrected chi connectivity index (χ3v) is 3.20. The summed E-state index contributed by atoms with van der Waals surface area (Å²) >= 11 is 1.11. The summed E-state index contributed by atoms with van der Waals surface area (Å²) in [6.45, 7) is 0.0111. The number of rotatable bonds is 4. The number of nitrogens with zero attached hydrogens (tertiary/aromatic N) is 2. The van der Waals surface area contributed by atoms with Gasteiger partial charge in [0.05, 0.1) is 17.3 Å². The highest BCUT2D eigenvalue weighted by atomic mass is 32.1. The number of nitriles is 1. The highest BCUT2D eigenvalue weighted by Gasteiger charge is 2.11. The van der Waals surface area contributed by atoms with E-state index in [1.54, 1.807) is 5.38 Å². The predicted molar refractivity (Wildman–Crippen MR) is 69.2 cm³/mol. The zero-order chi connectivity index (χ0) is 14.5. The van der Waals surface area contributed by atoms with Crippen molar-refractivity contribution in [2.24, 2.45) is 5.84 Å². The van der Waals surface area contributed by atoms with E-state index < -0.39 is 11.7 Å². The van der Waals surface area contributed by atoms with E-state index in [1.807, 2.05) is 11.5 Å². The summed E-state index contributed by atoms with van der Waals surface area (Å²) in [5.74, 6) is 3.88. The summed E-state index contributed by atoms with van der Waals surface area (Å²) in [4.78, 5) is 15.2. The molecule has 6 nitrogen and oxygen atoms in total. The molecular formula is C12H9FN4O2S. The Hall–Kier alpha value is -2.50. The Morgan fingerprint density at radius 3 is 3.05 bits per heavy atom. The van der Waals surface area contributed by atoms with Crippen LogP contribution in [0.4, 0.5) is 4.39 Å². The highest BCUT2D eigenvalue weighted by Crippen LogP contribution is 2.20. The number of nitrogens with one attached hydrogen (secondary N) is 1. The standard InChI is InChI=1S/C12H9FN4O2S/c13-9-3-7(4-14)1-2-10(9)19-5-8-6-20-12(16-8)11(18)17-15/h1-3,6H,5,15H2,(H,17,18). The fourth-order valence-corrected chi connectivity index (χ4v) is 2.08. The van der Waals surface area contributed by atoms with Crippen molar-refractivity contribution in [2.75, 3.05) is 0 Å². The van der Waals surface area contributed by atoms with Crippen LogP contribution in [-0.2, 0) is 6.61 Å². The van der Waals surface area contributed by atoms with E-state index >= 15 is 0 Å². The first-order chi connectivity index (χ1) is 9.63. The normalized spacial score (nSPS) is 9.85. The van der Waals surface area contributed by atoms with Crippen molar-refractivity contribution in [1.29, 1.82) is 5.26 Å². The predicted octanol–water partition coefficient (Wildman–Crippen LogP) is 1.34. The molecule has 2 rings (SSSR count). The van der Waals surface area contributed by atoms with E-state index in [-0.39, 0.29) is 22.9 Å². The van der Waals surface area contributed by atoms with Gasteiger partial charge in [-0.1, -0.05) is 0 Å². The van der Waals surface area contributed by atoms with Gasteiger partial charge in [-0.3, -0.25) is 10.2 Å². The van der Waals surface area contributed by atoms with Crippen LogP contribution in [0, 0.1) is 17.1 Å². The summed E-state index contributed by atoms with van der Waals surface area (Å²) < 4.78 is 18.8. The molecule has 1 aromatic carbocycles. The number of carbonyl (C=O) groups is 1. The molecule has 0 spiro atoms. The summed E-state index contributed by atoms with van der Waals surface area (Å²) in [6.07, 6.45) is 0. The van der Waals surface area contributed by atoms with E-state index in [4.69, 9.17) is 15.8 Å². The quantitative estimate of drug-likeness (QED) is 0.503. The van der Waals surface area contributed by atoms with Gasteiger partial charge in [-0.2, -0.15) is 5.26 Å². The van der Waals surface area contributed by atoms with Gasteiger partial charge in [-0.25, -0.2) is 15.2 Å². The Balaban J connectivity index is 2.04. The maximum Gasteiger partial charge on any atom is 0.294 e. The van der Waals surface area contributed by atoms with Crippen molar-refractivity contribution in [2.45, 2.75) is 6.61 Å². The Morgan fingerprint density at radius 2 is 2.40 bits per heavy atom. The number of hydrogen-bond donors (Lipinski definition) is 2. The fourth-order valence-electron chi connectivity index (χ4n) is 1.38. The van der Waals surface area contributed by atoms with Crippen LogP contribution in [0.3, 0.4) is 0 Å². The van der Waals surface area contributed by atoms with Crippen molar-refractivity contribution in [3.05, 3.63) is 45.7 Å². The molecule has 102 valence electrons. The first-order valence-corrected chi connectivity index (χ1v) is 6.30. The molecule has 0 aliphatic heterocycles. The molecule has 0 fully saturated rings. The zero-order valence-electron chi connectivity index (χ0n) is 10.1. The van der Waals surface area contributed by atoms with Crippen molar-refractivity contribution in [1.82, 2.24) is 10.4 Å². The minimum absolute atomic E-state index is 0.0111. The highest BCUT2D eigenvalue weighted by molar-refractivity contribution is 7.11. The number of ether oxygens (including phenoxy) is 1. The van der Waals surface area contributed by atoms with E-state index in [0.29, 0.717) is 5.69 Å². The van der Waals surface area contributed by atoms with Crippen molar-refractivity contribution in [3.8, 4) is 11.8 Å². The van der Waals surface area contributed by atoms with Crippen LogP contribution in [-0.4, -0.2) is 10.9 Å². The van der Waals surface area contributed by atoms with Gasteiger partial charge in [-0.15, -0.1) is 11.3 Å². The SMILES string of the molecule is N#Cc1ccc(OCc2csc(C(=O)NN)n2)c(F)c1. The maximum atomic E-state index is 13.6. The van der Waals surface area contributed by atoms with Crippen LogP contribution in [0.2, 0.25) is 0 Å². The molecule has 3 N–H and O–H groups in total. The van der Waals surface area contributed by atoms with Crippen LogP contribution in [0.1, 0.15) is 21.1 Å². The first kappa shape index (κ1) is 13.9. The number of benzene rings is 1. The average molecular weight is 292 g/mol. The van der Waals surface area contributed by atoms with Crippen molar-refractivity contribution >= 4 is 17.2 Å². The Morgan fingerprint density at radius 1 is 1.60 bits per heavy atom. The number of nitrogen functional groups attached to an aromatic ring is 1. The lowest BCUT2D eigenvalue weighted by atomic mass is 10.2. The number of thiazole rings is 1.